The van der Waals surface area contributed by atoms with Crippen molar-refractivity contribution in [1.82, 2.24) is 0 Å². The minimum absolute atomic E-state index is 0.125. The van der Waals surface area contributed by atoms with Gasteiger partial charge in [-0.25, -0.2) is 0 Å². The standard InChI is InChI=1S/C16H17BrO2/c1-11(2)19-15-5-3-4-13(10-15)16(18)12-6-8-14(17)9-7-12/h3-11,16,18H,1-2H3. The van der Waals surface area contributed by atoms with Crippen LogP contribution in [0.5, 0.6) is 5.75 Å². The zero-order valence-corrected chi connectivity index (χ0v) is 12.6. The molecule has 1 N–H and O–H groups in total. The first kappa shape index (κ1) is 14.1. The second-order valence-corrected chi connectivity index (χ2v) is 5.61. The minimum Gasteiger partial charge on any atom is -0.491 e. The second kappa shape index (κ2) is 6.22. The van der Waals surface area contributed by atoms with Gasteiger partial charge in [0.1, 0.15) is 11.9 Å². The summed E-state index contributed by atoms with van der Waals surface area (Å²) in [5.74, 6) is 0.781. The molecule has 0 radical (unpaired) electrons. The van der Waals surface area contributed by atoms with Gasteiger partial charge in [-0.05, 0) is 49.2 Å². The lowest BCUT2D eigenvalue weighted by Crippen LogP contribution is -2.06. The zero-order valence-electron chi connectivity index (χ0n) is 11.0. The molecule has 1 unspecified atom stereocenters. The van der Waals surface area contributed by atoms with Crippen molar-refractivity contribution in [3.63, 3.8) is 0 Å². The number of ether oxygens (including phenoxy) is 1. The monoisotopic (exact) mass is 320 g/mol. The van der Waals surface area contributed by atoms with E-state index in [0.717, 1.165) is 21.3 Å². The molecule has 0 fully saturated rings. The predicted molar refractivity (Wildman–Crippen MR) is 80.4 cm³/mol. The van der Waals surface area contributed by atoms with E-state index < -0.39 is 6.10 Å². The van der Waals surface area contributed by atoms with Crippen molar-refractivity contribution in [2.75, 3.05) is 0 Å². The van der Waals surface area contributed by atoms with Crippen molar-refractivity contribution in [2.45, 2.75) is 26.1 Å². The molecule has 0 spiro atoms. The SMILES string of the molecule is CC(C)Oc1cccc(C(O)c2ccc(Br)cc2)c1. The van der Waals surface area contributed by atoms with Gasteiger partial charge in [-0.15, -0.1) is 0 Å². The van der Waals surface area contributed by atoms with Crippen molar-refractivity contribution in [3.8, 4) is 5.75 Å². The van der Waals surface area contributed by atoms with Crippen LogP contribution in [0.2, 0.25) is 0 Å². The van der Waals surface area contributed by atoms with Gasteiger partial charge in [0, 0.05) is 4.47 Å². The average molecular weight is 321 g/mol. The molecule has 0 aromatic heterocycles. The minimum atomic E-state index is -0.635. The number of rotatable bonds is 4. The summed E-state index contributed by atoms with van der Waals surface area (Å²) in [7, 11) is 0. The third-order valence-corrected chi connectivity index (χ3v) is 3.26. The summed E-state index contributed by atoms with van der Waals surface area (Å²) < 4.78 is 6.64. The molecule has 19 heavy (non-hydrogen) atoms. The molecule has 2 aromatic rings. The molecule has 2 rings (SSSR count). The number of benzene rings is 2. The molecule has 0 heterocycles. The van der Waals surface area contributed by atoms with Crippen LogP contribution in [0.1, 0.15) is 31.1 Å². The van der Waals surface area contributed by atoms with Crippen LogP contribution in [-0.4, -0.2) is 11.2 Å². The van der Waals surface area contributed by atoms with E-state index in [1.807, 2.05) is 62.4 Å². The number of hydrogen-bond donors (Lipinski definition) is 1. The molecule has 2 aromatic carbocycles. The van der Waals surface area contributed by atoms with Crippen molar-refractivity contribution in [2.24, 2.45) is 0 Å². The summed E-state index contributed by atoms with van der Waals surface area (Å²) in [5.41, 5.74) is 1.70. The number of halogens is 1. The van der Waals surface area contributed by atoms with E-state index in [-0.39, 0.29) is 6.10 Å². The molecule has 0 aliphatic carbocycles. The van der Waals surface area contributed by atoms with Gasteiger partial charge >= 0.3 is 0 Å². The molecular weight excluding hydrogens is 304 g/mol. The highest BCUT2D eigenvalue weighted by atomic mass is 79.9. The maximum absolute atomic E-state index is 10.4. The van der Waals surface area contributed by atoms with E-state index in [9.17, 15) is 5.11 Å². The number of aliphatic hydroxyl groups is 1. The Bertz CT molecular complexity index is 535. The summed E-state index contributed by atoms with van der Waals surface area (Å²) in [6.07, 6.45) is -0.510. The van der Waals surface area contributed by atoms with Gasteiger partial charge in [0.15, 0.2) is 0 Å². The van der Waals surface area contributed by atoms with E-state index in [1.54, 1.807) is 0 Å². The number of aliphatic hydroxyl groups excluding tert-OH is 1. The highest BCUT2D eigenvalue weighted by Crippen LogP contribution is 2.26. The molecular formula is C16H17BrO2. The van der Waals surface area contributed by atoms with E-state index in [2.05, 4.69) is 15.9 Å². The molecule has 0 bridgehead atoms. The van der Waals surface area contributed by atoms with Crippen LogP contribution in [-0.2, 0) is 0 Å². The maximum Gasteiger partial charge on any atom is 0.120 e. The Hall–Kier alpha value is -1.32. The Labute approximate surface area is 122 Å². The van der Waals surface area contributed by atoms with Crippen LogP contribution >= 0.6 is 15.9 Å². The average Bonchev–Trinajstić information content (AvgIpc) is 2.38. The molecule has 0 aliphatic rings. The Kier molecular flexibility index (Phi) is 4.61. The predicted octanol–water partition coefficient (Wildman–Crippen LogP) is 4.32. The van der Waals surface area contributed by atoms with E-state index in [1.165, 1.54) is 0 Å². The second-order valence-electron chi connectivity index (χ2n) is 4.69. The lowest BCUT2D eigenvalue weighted by atomic mass is 10.0. The topological polar surface area (TPSA) is 29.5 Å². The fraction of sp³-hybridized carbons (Fsp3) is 0.250. The summed E-state index contributed by atoms with van der Waals surface area (Å²) in [6.45, 7) is 3.97. The van der Waals surface area contributed by atoms with Crippen LogP contribution in [0.25, 0.3) is 0 Å². The Morgan fingerprint density at radius 1 is 1.00 bits per heavy atom. The van der Waals surface area contributed by atoms with Gasteiger partial charge < -0.3 is 9.84 Å². The summed E-state index contributed by atoms with van der Waals surface area (Å²) >= 11 is 3.39. The number of hydrogen-bond acceptors (Lipinski definition) is 2. The largest absolute Gasteiger partial charge is 0.491 e. The van der Waals surface area contributed by atoms with Gasteiger partial charge in [-0.1, -0.05) is 40.2 Å². The van der Waals surface area contributed by atoms with Crippen LogP contribution in [0.3, 0.4) is 0 Å². The molecule has 3 heteroatoms. The summed E-state index contributed by atoms with van der Waals surface area (Å²) in [6, 6.07) is 15.2. The summed E-state index contributed by atoms with van der Waals surface area (Å²) in [5, 5.41) is 10.4. The van der Waals surface area contributed by atoms with Gasteiger partial charge in [0.2, 0.25) is 0 Å². The van der Waals surface area contributed by atoms with E-state index >= 15 is 0 Å². The highest BCUT2D eigenvalue weighted by molar-refractivity contribution is 9.10. The van der Waals surface area contributed by atoms with Gasteiger partial charge in [-0.2, -0.15) is 0 Å². The normalized spacial score (nSPS) is 12.5. The van der Waals surface area contributed by atoms with Crippen LogP contribution < -0.4 is 4.74 Å². The van der Waals surface area contributed by atoms with Crippen LogP contribution in [0, 0.1) is 0 Å². The molecule has 0 amide bonds. The van der Waals surface area contributed by atoms with E-state index in [4.69, 9.17) is 4.74 Å². The Balaban J connectivity index is 2.23. The van der Waals surface area contributed by atoms with E-state index in [0.29, 0.717) is 0 Å². The van der Waals surface area contributed by atoms with Crippen molar-refractivity contribution in [1.29, 1.82) is 0 Å². The lowest BCUT2D eigenvalue weighted by molar-refractivity contribution is 0.216. The molecule has 2 nitrogen and oxygen atoms in total. The van der Waals surface area contributed by atoms with Crippen molar-refractivity contribution >= 4 is 15.9 Å². The molecule has 0 saturated carbocycles. The first-order chi connectivity index (χ1) is 9.06. The lowest BCUT2D eigenvalue weighted by Gasteiger charge is -2.14. The zero-order chi connectivity index (χ0) is 13.8. The van der Waals surface area contributed by atoms with Crippen molar-refractivity contribution < 1.29 is 9.84 Å². The Morgan fingerprint density at radius 3 is 2.32 bits per heavy atom. The molecule has 1 atom stereocenters. The maximum atomic E-state index is 10.4. The fourth-order valence-corrected chi connectivity index (χ4v) is 2.13. The van der Waals surface area contributed by atoms with Crippen molar-refractivity contribution in [3.05, 3.63) is 64.1 Å². The molecule has 100 valence electrons. The smallest absolute Gasteiger partial charge is 0.120 e. The fourth-order valence-electron chi connectivity index (χ4n) is 1.87. The molecule has 0 aliphatic heterocycles. The van der Waals surface area contributed by atoms with Crippen LogP contribution in [0.15, 0.2) is 53.0 Å². The van der Waals surface area contributed by atoms with Crippen LogP contribution in [0.4, 0.5) is 0 Å². The first-order valence-corrected chi connectivity index (χ1v) is 7.05. The summed E-state index contributed by atoms with van der Waals surface area (Å²) in [4.78, 5) is 0. The Morgan fingerprint density at radius 2 is 1.68 bits per heavy atom. The quantitative estimate of drug-likeness (QED) is 0.909. The molecule has 0 saturated heterocycles. The van der Waals surface area contributed by atoms with Gasteiger partial charge in [0.05, 0.1) is 6.10 Å². The third-order valence-electron chi connectivity index (χ3n) is 2.73. The third kappa shape index (κ3) is 3.82. The van der Waals surface area contributed by atoms with Gasteiger partial charge in [0.25, 0.3) is 0 Å². The highest BCUT2D eigenvalue weighted by Gasteiger charge is 2.11. The van der Waals surface area contributed by atoms with Gasteiger partial charge in [-0.3, -0.25) is 0 Å². The first-order valence-electron chi connectivity index (χ1n) is 6.26.